The van der Waals surface area contributed by atoms with Crippen molar-refractivity contribution in [2.45, 2.75) is 62.8 Å². The van der Waals surface area contributed by atoms with E-state index in [1.165, 1.54) is 19.3 Å². The highest BCUT2D eigenvalue weighted by Gasteiger charge is 2.54. The minimum atomic E-state index is -0.552. The van der Waals surface area contributed by atoms with Crippen LogP contribution in [0.25, 0.3) is 0 Å². The van der Waals surface area contributed by atoms with Gasteiger partial charge in [-0.1, -0.05) is 12.1 Å². The Labute approximate surface area is 157 Å². The Morgan fingerprint density at radius 2 is 2.15 bits per heavy atom. The monoisotopic (exact) mass is 368 g/mol. The van der Waals surface area contributed by atoms with Crippen LogP contribution in [0, 0.1) is 0 Å². The fraction of sp³-hybridized carbons (Fsp3) is 0.550. The molecule has 3 fully saturated rings. The number of rotatable bonds is 4. The third-order valence-corrected chi connectivity index (χ3v) is 6.50. The maximum atomic E-state index is 12.7. The second-order valence-corrected chi connectivity index (χ2v) is 8.22. The second-order valence-electron chi connectivity index (χ2n) is 8.22. The number of amides is 3. The molecule has 4 aliphatic rings. The second kappa shape index (κ2) is 6.14. The van der Waals surface area contributed by atoms with Crippen molar-refractivity contribution in [2.24, 2.45) is 0 Å². The quantitative estimate of drug-likeness (QED) is 0.671. The van der Waals surface area contributed by atoms with Gasteiger partial charge in [0.2, 0.25) is 11.8 Å². The average Bonchev–Trinajstić information content (AvgIpc) is 3.31. The molecule has 7 heteroatoms. The van der Waals surface area contributed by atoms with E-state index in [2.05, 4.69) is 22.0 Å². The van der Waals surface area contributed by atoms with Crippen molar-refractivity contribution in [3.8, 4) is 0 Å². The lowest BCUT2D eigenvalue weighted by atomic mass is 10.0. The van der Waals surface area contributed by atoms with E-state index in [4.69, 9.17) is 0 Å². The van der Waals surface area contributed by atoms with Gasteiger partial charge in [0, 0.05) is 36.7 Å². The number of carbonyl (C=O) groups is 3. The molecule has 7 nitrogen and oxygen atoms in total. The third kappa shape index (κ3) is 2.85. The van der Waals surface area contributed by atoms with Gasteiger partial charge in [-0.15, -0.1) is 0 Å². The van der Waals surface area contributed by atoms with Crippen LogP contribution in [0.3, 0.4) is 0 Å². The zero-order chi connectivity index (χ0) is 18.6. The first-order valence-corrected chi connectivity index (χ1v) is 9.81. The first kappa shape index (κ1) is 16.9. The number of hydrogen-bond acceptors (Lipinski definition) is 5. The van der Waals surface area contributed by atoms with Crippen LogP contribution in [0.5, 0.6) is 0 Å². The van der Waals surface area contributed by atoms with Crippen LogP contribution in [0.4, 0.5) is 0 Å². The topological polar surface area (TPSA) is 90.5 Å². The Kier molecular flexibility index (Phi) is 3.84. The predicted molar refractivity (Wildman–Crippen MR) is 97.7 cm³/mol. The fourth-order valence-corrected chi connectivity index (χ4v) is 4.83. The average molecular weight is 368 g/mol. The summed E-state index contributed by atoms with van der Waals surface area (Å²) in [5.41, 5.74) is 3.06. The maximum absolute atomic E-state index is 12.7. The van der Waals surface area contributed by atoms with Gasteiger partial charge in [0.25, 0.3) is 5.91 Å². The van der Waals surface area contributed by atoms with Crippen LogP contribution in [-0.2, 0) is 22.7 Å². The lowest BCUT2D eigenvalue weighted by Gasteiger charge is -2.29. The van der Waals surface area contributed by atoms with Gasteiger partial charge in [-0.05, 0) is 49.4 Å². The van der Waals surface area contributed by atoms with Crippen molar-refractivity contribution in [1.29, 1.82) is 0 Å². The Hall–Kier alpha value is -2.25. The molecule has 27 heavy (non-hydrogen) atoms. The fourth-order valence-electron chi connectivity index (χ4n) is 4.83. The molecular weight excluding hydrogens is 344 g/mol. The van der Waals surface area contributed by atoms with Gasteiger partial charge < -0.3 is 15.5 Å². The lowest BCUT2D eigenvalue weighted by molar-refractivity contribution is -0.136. The number of nitrogens with zero attached hydrogens (tertiary/aromatic N) is 1. The van der Waals surface area contributed by atoms with Gasteiger partial charge in [-0.25, -0.2) is 0 Å². The summed E-state index contributed by atoms with van der Waals surface area (Å²) in [5.74, 6) is -0.738. The Morgan fingerprint density at radius 1 is 1.26 bits per heavy atom. The zero-order valence-corrected chi connectivity index (χ0v) is 15.2. The predicted octanol–water partition coefficient (Wildman–Crippen LogP) is 0.432. The highest BCUT2D eigenvalue weighted by molar-refractivity contribution is 6.05. The van der Waals surface area contributed by atoms with Crippen molar-refractivity contribution < 1.29 is 14.4 Å². The molecule has 2 saturated heterocycles. The van der Waals surface area contributed by atoms with Crippen LogP contribution >= 0.6 is 0 Å². The largest absolute Gasteiger partial charge is 0.322 e. The van der Waals surface area contributed by atoms with Crippen LogP contribution in [-0.4, -0.2) is 46.8 Å². The number of hydrogen-bond donors (Lipinski definition) is 3. The van der Waals surface area contributed by atoms with Gasteiger partial charge in [0.1, 0.15) is 6.04 Å². The summed E-state index contributed by atoms with van der Waals surface area (Å²) in [6.45, 7) is 2.34. The van der Waals surface area contributed by atoms with Crippen molar-refractivity contribution in [1.82, 2.24) is 20.9 Å². The van der Waals surface area contributed by atoms with Crippen LogP contribution in [0.2, 0.25) is 0 Å². The van der Waals surface area contributed by atoms with Crippen molar-refractivity contribution in [3.63, 3.8) is 0 Å². The van der Waals surface area contributed by atoms with E-state index in [-0.39, 0.29) is 29.7 Å². The molecule has 0 bridgehead atoms. The maximum Gasteiger partial charge on any atom is 0.255 e. The Morgan fingerprint density at radius 3 is 2.96 bits per heavy atom. The summed E-state index contributed by atoms with van der Waals surface area (Å²) in [6, 6.07) is 6.01. The summed E-state index contributed by atoms with van der Waals surface area (Å²) >= 11 is 0. The van der Waals surface area contributed by atoms with E-state index < -0.39 is 6.04 Å². The number of fused-ring (bicyclic) bond motifs is 2. The smallest absolute Gasteiger partial charge is 0.255 e. The third-order valence-electron chi connectivity index (χ3n) is 6.50. The molecule has 1 unspecified atom stereocenters. The van der Waals surface area contributed by atoms with E-state index in [9.17, 15) is 14.4 Å². The number of piperidine rings is 2. The van der Waals surface area contributed by atoms with E-state index in [0.29, 0.717) is 24.6 Å². The highest BCUT2D eigenvalue weighted by Crippen LogP contribution is 2.43. The molecule has 0 aromatic heterocycles. The zero-order valence-electron chi connectivity index (χ0n) is 15.2. The van der Waals surface area contributed by atoms with Crippen LogP contribution in [0.1, 0.15) is 53.6 Å². The molecule has 3 aliphatic heterocycles. The number of imide groups is 1. The van der Waals surface area contributed by atoms with Crippen molar-refractivity contribution in [2.75, 3.05) is 6.54 Å². The van der Waals surface area contributed by atoms with Gasteiger partial charge in [0.15, 0.2) is 0 Å². The van der Waals surface area contributed by atoms with Crippen molar-refractivity contribution in [3.05, 3.63) is 34.9 Å². The lowest BCUT2D eigenvalue weighted by Crippen LogP contribution is -2.52. The molecule has 1 saturated carbocycles. The molecule has 3 amide bonds. The number of nitrogens with one attached hydrogen (secondary N) is 3. The van der Waals surface area contributed by atoms with Gasteiger partial charge in [0.05, 0.1) is 0 Å². The summed E-state index contributed by atoms with van der Waals surface area (Å²) in [4.78, 5) is 37.8. The van der Waals surface area contributed by atoms with Gasteiger partial charge in [-0.2, -0.15) is 0 Å². The molecule has 0 radical (unpaired) electrons. The molecule has 1 aliphatic carbocycles. The molecule has 0 spiro atoms. The summed E-state index contributed by atoms with van der Waals surface area (Å²) < 4.78 is 0. The van der Waals surface area contributed by atoms with Crippen molar-refractivity contribution >= 4 is 17.7 Å². The first-order valence-electron chi connectivity index (χ1n) is 9.81. The Balaban J connectivity index is 1.28. The standard InChI is InChI=1S/C20H24N4O3/c25-17-5-4-15(18(26)23-17)24-11-13-8-12(2-3-14(13)19(24)27)10-22-20-6-1-7-21-16(20)9-20/h2-3,8,15-16,21-22H,1,4-7,9-11H2,(H,23,25,26)/t15?,16-,20-/m1/s1. The van der Waals surface area contributed by atoms with E-state index in [1.807, 2.05) is 12.1 Å². The Bertz CT molecular complexity index is 839. The highest BCUT2D eigenvalue weighted by atomic mass is 16.2. The normalized spacial score (nSPS) is 32.1. The van der Waals surface area contributed by atoms with Crippen LogP contribution in [0.15, 0.2) is 18.2 Å². The molecule has 1 aromatic rings. The van der Waals surface area contributed by atoms with E-state index in [0.717, 1.165) is 24.2 Å². The summed E-state index contributed by atoms with van der Waals surface area (Å²) in [6.07, 6.45) is 4.30. The van der Waals surface area contributed by atoms with Crippen LogP contribution < -0.4 is 16.0 Å². The molecular formula is C20H24N4O3. The number of benzene rings is 1. The molecule has 142 valence electrons. The van der Waals surface area contributed by atoms with E-state index in [1.54, 1.807) is 4.90 Å². The minimum absolute atomic E-state index is 0.115. The first-order chi connectivity index (χ1) is 13.1. The molecule has 3 N–H and O–H groups in total. The molecule has 3 atom stereocenters. The summed E-state index contributed by atoms with van der Waals surface area (Å²) in [5, 5.41) is 9.61. The number of carbonyl (C=O) groups excluding carboxylic acids is 3. The minimum Gasteiger partial charge on any atom is -0.322 e. The molecule has 3 heterocycles. The molecule has 5 rings (SSSR count). The summed E-state index contributed by atoms with van der Waals surface area (Å²) in [7, 11) is 0. The van der Waals surface area contributed by atoms with Gasteiger partial charge in [-0.3, -0.25) is 19.7 Å². The van der Waals surface area contributed by atoms with E-state index >= 15 is 0 Å². The SMILES string of the molecule is O=C1CCC(N2Cc3cc(CN[C@@]45CCCN[C@@H]4C5)ccc3C2=O)C(=O)N1. The van der Waals surface area contributed by atoms with Gasteiger partial charge >= 0.3 is 0 Å². The molecule has 1 aromatic carbocycles.